The molecule has 0 bridgehead atoms. The van der Waals surface area contributed by atoms with Crippen molar-refractivity contribution in [2.24, 2.45) is 0 Å². The molecule has 3 N–H and O–H groups in total. The Balaban J connectivity index is 0.000000416. The monoisotopic (exact) mass is 409 g/mol. The molecule has 1 aromatic carbocycles. The molecule has 8 heteroatoms. The summed E-state index contributed by atoms with van der Waals surface area (Å²) in [4.78, 5) is 21.2. The van der Waals surface area contributed by atoms with Crippen molar-refractivity contribution in [3.63, 3.8) is 0 Å². The fraction of sp³-hybridized carbons (Fsp3) is 0.400. The number of rotatable bonds is 11. The van der Waals surface area contributed by atoms with Gasteiger partial charge >= 0.3 is 11.9 Å². The molecule has 2 aromatic rings. The second kappa shape index (κ2) is 13.8. The first-order chi connectivity index (χ1) is 13.4. The third kappa shape index (κ3) is 10.8. The van der Waals surface area contributed by atoms with Crippen molar-refractivity contribution in [3.05, 3.63) is 47.4 Å². The number of benzene rings is 1. The van der Waals surface area contributed by atoms with Gasteiger partial charge in [-0.2, -0.15) is 0 Å². The summed E-state index contributed by atoms with van der Waals surface area (Å²) >= 11 is 1.78. The van der Waals surface area contributed by atoms with Crippen molar-refractivity contribution in [3.8, 4) is 0 Å². The molecule has 0 unspecified atom stereocenters. The van der Waals surface area contributed by atoms with E-state index in [2.05, 4.69) is 34.5 Å². The number of likely N-dealkylation sites (N-methyl/N-ethyl adjacent to an activating group) is 1. The van der Waals surface area contributed by atoms with Crippen molar-refractivity contribution in [2.75, 3.05) is 40.0 Å². The Kier molecular flexibility index (Phi) is 11.8. The number of carboxylic acid groups (broad SMARTS) is 2. The van der Waals surface area contributed by atoms with Crippen LogP contribution in [0, 0.1) is 0 Å². The Bertz CT molecular complexity index is 742. The highest BCUT2D eigenvalue weighted by Gasteiger charge is 1.99. The Hall–Kier alpha value is -2.26. The second-order valence-corrected chi connectivity index (χ2v) is 6.99. The van der Waals surface area contributed by atoms with Crippen LogP contribution in [-0.2, 0) is 20.7 Å². The number of aliphatic carboxylic acids is 2. The molecule has 0 saturated carbocycles. The Morgan fingerprint density at radius 2 is 1.82 bits per heavy atom. The summed E-state index contributed by atoms with van der Waals surface area (Å²) in [6, 6.07) is 8.81. The van der Waals surface area contributed by atoms with Crippen LogP contribution in [-0.4, -0.2) is 72.1 Å². The van der Waals surface area contributed by atoms with Crippen LogP contribution < -0.4 is 0 Å². The molecular formula is C20H27NO6S. The fourth-order valence-electron chi connectivity index (χ4n) is 2.33. The van der Waals surface area contributed by atoms with Crippen LogP contribution in [0.5, 0.6) is 0 Å². The summed E-state index contributed by atoms with van der Waals surface area (Å²) in [5.74, 6) is -2.51. The molecule has 7 nitrogen and oxygen atoms in total. The Morgan fingerprint density at radius 3 is 2.46 bits per heavy atom. The zero-order valence-corrected chi connectivity index (χ0v) is 16.7. The number of hydrogen-bond acceptors (Lipinski definition) is 6. The molecule has 154 valence electrons. The quantitative estimate of drug-likeness (QED) is 0.387. The number of nitrogens with zero attached hydrogens (tertiary/aromatic N) is 1. The summed E-state index contributed by atoms with van der Waals surface area (Å²) in [6.45, 7) is 3.50. The minimum atomic E-state index is -1.26. The molecule has 0 amide bonds. The lowest BCUT2D eigenvalue weighted by atomic mass is 10.1. The third-order valence-corrected chi connectivity index (χ3v) is 4.63. The normalized spacial score (nSPS) is 11.0. The predicted octanol–water partition coefficient (Wildman–Crippen LogP) is 2.49. The van der Waals surface area contributed by atoms with Gasteiger partial charge in [0.25, 0.3) is 0 Å². The van der Waals surface area contributed by atoms with Crippen molar-refractivity contribution in [2.45, 2.75) is 12.8 Å². The number of hydrogen-bond donors (Lipinski definition) is 3. The standard InChI is InChI=1S/C16H23NO2S.C4H4O4/c1-17(8-9-18)7-2-10-19-11-5-14-3-4-16-15(13-14)6-12-20-16;5-3(6)1-2-4(7)8/h3-4,6,12-13,18H,2,5,7-11H2,1H3;1-2H,(H,5,6)(H,7,8). The van der Waals surface area contributed by atoms with Gasteiger partial charge in [-0.05, 0) is 48.4 Å². The summed E-state index contributed by atoms with van der Waals surface area (Å²) in [6.07, 6.45) is 3.10. The first-order valence-electron chi connectivity index (χ1n) is 8.89. The smallest absolute Gasteiger partial charge is 0.328 e. The topological polar surface area (TPSA) is 107 Å². The van der Waals surface area contributed by atoms with E-state index in [1.165, 1.54) is 15.6 Å². The Labute approximate surface area is 168 Å². The van der Waals surface area contributed by atoms with Gasteiger partial charge in [-0.1, -0.05) is 12.1 Å². The maximum Gasteiger partial charge on any atom is 0.328 e. The highest BCUT2D eigenvalue weighted by molar-refractivity contribution is 7.17. The minimum absolute atomic E-state index is 0.225. The number of fused-ring (bicyclic) bond motifs is 1. The van der Waals surface area contributed by atoms with Crippen molar-refractivity contribution in [1.82, 2.24) is 4.90 Å². The van der Waals surface area contributed by atoms with Gasteiger partial charge in [-0.3, -0.25) is 0 Å². The van der Waals surface area contributed by atoms with Gasteiger partial charge in [-0.15, -0.1) is 11.3 Å². The largest absolute Gasteiger partial charge is 0.478 e. The molecular weight excluding hydrogens is 382 g/mol. The van der Waals surface area contributed by atoms with E-state index in [1.54, 1.807) is 11.3 Å². The summed E-state index contributed by atoms with van der Waals surface area (Å²) in [7, 11) is 2.02. The maximum absolute atomic E-state index is 9.55. The highest BCUT2D eigenvalue weighted by atomic mass is 32.1. The zero-order chi connectivity index (χ0) is 20.8. The minimum Gasteiger partial charge on any atom is -0.478 e. The van der Waals surface area contributed by atoms with E-state index >= 15 is 0 Å². The molecule has 0 aliphatic heterocycles. The number of carbonyl (C=O) groups is 2. The van der Waals surface area contributed by atoms with Crippen LogP contribution in [0.4, 0.5) is 0 Å². The molecule has 0 aliphatic carbocycles. The van der Waals surface area contributed by atoms with Gasteiger partial charge < -0.3 is 25.0 Å². The molecule has 0 aliphatic rings. The number of aliphatic hydroxyl groups is 1. The van der Waals surface area contributed by atoms with E-state index in [0.717, 1.165) is 39.1 Å². The SMILES string of the molecule is CN(CCO)CCCOCCc1ccc2sccc2c1.O=C(O)C=CC(=O)O. The van der Waals surface area contributed by atoms with Gasteiger partial charge in [0.05, 0.1) is 13.2 Å². The van der Waals surface area contributed by atoms with Gasteiger partial charge in [0.1, 0.15) is 0 Å². The first kappa shape index (κ1) is 23.8. The highest BCUT2D eigenvalue weighted by Crippen LogP contribution is 2.21. The van der Waals surface area contributed by atoms with Crippen molar-refractivity contribution >= 4 is 33.4 Å². The molecule has 0 radical (unpaired) electrons. The summed E-state index contributed by atoms with van der Waals surface area (Å²) in [5, 5.41) is 27.9. The van der Waals surface area contributed by atoms with Gasteiger partial charge in [0.2, 0.25) is 0 Å². The zero-order valence-electron chi connectivity index (χ0n) is 15.9. The number of carboxylic acids is 2. The van der Waals surface area contributed by atoms with Crippen LogP contribution in [0.25, 0.3) is 10.1 Å². The number of ether oxygens (including phenoxy) is 1. The van der Waals surface area contributed by atoms with Crippen LogP contribution >= 0.6 is 11.3 Å². The second-order valence-electron chi connectivity index (χ2n) is 6.05. The molecule has 0 spiro atoms. The molecule has 0 atom stereocenters. The van der Waals surface area contributed by atoms with Gasteiger partial charge in [0, 0.05) is 36.5 Å². The maximum atomic E-state index is 9.55. The van der Waals surface area contributed by atoms with E-state index < -0.39 is 11.9 Å². The van der Waals surface area contributed by atoms with Crippen molar-refractivity contribution < 1.29 is 29.6 Å². The van der Waals surface area contributed by atoms with Crippen molar-refractivity contribution in [1.29, 1.82) is 0 Å². The molecule has 28 heavy (non-hydrogen) atoms. The van der Waals surface area contributed by atoms with E-state index in [1.807, 2.05) is 7.05 Å². The fourth-order valence-corrected chi connectivity index (χ4v) is 3.10. The lowest BCUT2D eigenvalue weighted by molar-refractivity contribution is -0.134. The average molecular weight is 410 g/mol. The number of thiophene rings is 1. The van der Waals surface area contributed by atoms with Crippen LogP contribution in [0.1, 0.15) is 12.0 Å². The van der Waals surface area contributed by atoms with Gasteiger partial charge in [0.15, 0.2) is 0 Å². The van der Waals surface area contributed by atoms with Gasteiger partial charge in [-0.25, -0.2) is 9.59 Å². The van der Waals surface area contributed by atoms with Crippen LogP contribution in [0.3, 0.4) is 0 Å². The third-order valence-electron chi connectivity index (χ3n) is 3.73. The lowest BCUT2D eigenvalue weighted by Crippen LogP contribution is -2.24. The predicted molar refractivity (Wildman–Crippen MR) is 110 cm³/mol. The molecule has 1 aromatic heterocycles. The summed E-state index contributed by atoms with van der Waals surface area (Å²) < 4.78 is 7.02. The average Bonchev–Trinajstić information content (AvgIpc) is 3.11. The molecule has 2 rings (SSSR count). The van der Waals surface area contributed by atoms with E-state index in [9.17, 15) is 9.59 Å². The first-order valence-corrected chi connectivity index (χ1v) is 9.77. The number of aliphatic hydroxyl groups excluding tert-OH is 1. The molecule has 0 fully saturated rings. The molecule has 1 heterocycles. The lowest BCUT2D eigenvalue weighted by Gasteiger charge is -2.14. The van der Waals surface area contributed by atoms with E-state index in [-0.39, 0.29) is 6.61 Å². The van der Waals surface area contributed by atoms with Crippen LogP contribution in [0.2, 0.25) is 0 Å². The summed E-state index contributed by atoms with van der Waals surface area (Å²) in [5.41, 5.74) is 1.34. The Morgan fingerprint density at radius 1 is 1.11 bits per heavy atom. The van der Waals surface area contributed by atoms with E-state index in [0.29, 0.717) is 12.2 Å². The van der Waals surface area contributed by atoms with Crippen LogP contribution in [0.15, 0.2) is 41.8 Å². The van der Waals surface area contributed by atoms with E-state index in [4.69, 9.17) is 20.1 Å². The molecule has 0 saturated heterocycles.